The minimum absolute atomic E-state index is 0.0911. The Morgan fingerprint density at radius 2 is 2.33 bits per heavy atom. The van der Waals surface area contributed by atoms with Crippen LogP contribution in [0.15, 0.2) is 11.8 Å². The standard InChI is InChI=1S/C10H16FN3O/c1-2-14(10(15)7-13)8-9(6-12)4-3-5-11/h8H,2-5,7,13H2,1H3. The van der Waals surface area contributed by atoms with Gasteiger partial charge in [-0.3, -0.25) is 9.18 Å². The van der Waals surface area contributed by atoms with Crippen molar-refractivity contribution in [2.45, 2.75) is 19.8 Å². The molecule has 1 amide bonds. The molecule has 4 nitrogen and oxygen atoms in total. The molecular formula is C10H16FN3O. The lowest BCUT2D eigenvalue weighted by atomic mass is 10.2. The number of nitrogens with two attached hydrogens (primary N) is 1. The molecule has 2 N–H and O–H groups in total. The van der Waals surface area contributed by atoms with Crippen molar-refractivity contribution in [2.24, 2.45) is 5.73 Å². The van der Waals surface area contributed by atoms with Gasteiger partial charge in [0.05, 0.1) is 19.3 Å². The number of rotatable bonds is 6. The highest BCUT2D eigenvalue weighted by molar-refractivity contribution is 5.79. The van der Waals surface area contributed by atoms with Gasteiger partial charge >= 0.3 is 0 Å². The van der Waals surface area contributed by atoms with E-state index in [1.54, 1.807) is 6.92 Å². The number of halogens is 1. The van der Waals surface area contributed by atoms with Crippen molar-refractivity contribution in [2.75, 3.05) is 19.8 Å². The number of amides is 1. The zero-order valence-electron chi connectivity index (χ0n) is 8.87. The van der Waals surface area contributed by atoms with E-state index in [0.29, 0.717) is 25.0 Å². The first-order valence-electron chi connectivity index (χ1n) is 4.85. The maximum atomic E-state index is 11.9. The van der Waals surface area contributed by atoms with E-state index in [0.717, 1.165) is 0 Å². The van der Waals surface area contributed by atoms with E-state index < -0.39 is 6.67 Å². The van der Waals surface area contributed by atoms with Crippen molar-refractivity contribution in [1.82, 2.24) is 4.90 Å². The van der Waals surface area contributed by atoms with Crippen molar-refractivity contribution in [3.05, 3.63) is 11.8 Å². The molecule has 0 spiro atoms. The van der Waals surface area contributed by atoms with E-state index >= 15 is 0 Å². The zero-order valence-corrected chi connectivity index (χ0v) is 8.87. The van der Waals surface area contributed by atoms with Crippen LogP contribution in [0, 0.1) is 11.3 Å². The van der Waals surface area contributed by atoms with E-state index in [9.17, 15) is 9.18 Å². The summed E-state index contributed by atoms with van der Waals surface area (Å²) in [5.74, 6) is -0.245. The Morgan fingerprint density at radius 1 is 1.67 bits per heavy atom. The topological polar surface area (TPSA) is 70.1 Å². The molecule has 0 fully saturated rings. The number of hydrogen-bond acceptors (Lipinski definition) is 3. The number of hydrogen-bond donors (Lipinski definition) is 1. The predicted molar refractivity (Wildman–Crippen MR) is 55.3 cm³/mol. The molecule has 0 radical (unpaired) electrons. The van der Waals surface area contributed by atoms with Crippen LogP contribution in [0.2, 0.25) is 0 Å². The van der Waals surface area contributed by atoms with Crippen LogP contribution in [0.3, 0.4) is 0 Å². The molecule has 0 aliphatic carbocycles. The molecule has 0 bridgehead atoms. The highest BCUT2D eigenvalue weighted by Crippen LogP contribution is 2.06. The van der Waals surface area contributed by atoms with Gasteiger partial charge in [-0.25, -0.2) is 0 Å². The number of nitrogens with zero attached hydrogens (tertiary/aromatic N) is 2. The van der Waals surface area contributed by atoms with Crippen LogP contribution in [0.1, 0.15) is 19.8 Å². The lowest BCUT2D eigenvalue weighted by Gasteiger charge is -2.15. The zero-order chi connectivity index (χ0) is 11.7. The highest BCUT2D eigenvalue weighted by atomic mass is 19.1. The molecule has 5 heteroatoms. The van der Waals surface area contributed by atoms with Gasteiger partial charge in [0.2, 0.25) is 5.91 Å². The summed E-state index contributed by atoms with van der Waals surface area (Å²) in [4.78, 5) is 12.6. The molecule has 0 aliphatic heterocycles. The number of nitriles is 1. The summed E-state index contributed by atoms with van der Waals surface area (Å²) in [5.41, 5.74) is 5.60. The van der Waals surface area contributed by atoms with Gasteiger partial charge in [-0.15, -0.1) is 0 Å². The average molecular weight is 213 g/mol. The van der Waals surface area contributed by atoms with Gasteiger partial charge in [-0.1, -0.05) is 0 Å². The fraction of sp³-hybridized carbons (Fsp3) is 0.600. The van der Waals surface area contributed by atoms with Crippen LogP contribution >= 0.6 is 0 Å². The number of allylic oxidation sites excluding steroid dienone is 1. The van der Waals surface area contributed by atoms with Crippen LogP contribution in [0.25, 0.3) is 0 Å². The lowest BCUT2D eigenvalue weighted by molar-refractivity contribution is -0.126. The molecule has 0 saturated carbocycles. The highest BCUT2D eigenvalue weighted by Gasteiger charge is 2.07. The number of alkyl halides is 1. The summed E-state index contributed by atoms with van der Waals surface area (Å²) in [6.45, 7) is 1.69. The quantitative estimate of drug-likeness (QED) is 0.668. The first-order valence-corrected chi connectivity index (χ1v) is 4.85. The van der Waals surface area contributed by atoms with E-state index in [1.165, 1.54) is 11.1 Å². The summed E-state index contributed by atoms with van der Waals surface area (Å²) in [7, 11) is 0. The third-order valence-electron chi connectivity index (χ3n) is 1.87. The third kappa shape index (κ3) is 5.13. The second-order valence-corrected chi connectivity index (χ2v) is 2.94. The minimum atomic E-state index is -0.462. The summed E-state index contributed by atoms with van der Waals surface area (Å²) in [6.07, 6.45) is 2.10. The van der Waals surface area contributed by atoms with Crippen molar-refractivity contribution in [3.8, 4) is 6.07 Å². The maximum Gasteiger partial charge on any atom is 0.240 e. The third-order valence-corrected chi connectivity index (χ3v) is 1.87. The van der Waals surface area contributed by atoms with Gasteiger partial charge in [0.1, 0.15) is 0 Å². The molecule has 15 heavy (non-hydrogen) atoms. The fourth-order valence-electron chi connectivity index (χ4n) is 1.05. The van der Waals surface area contributed by atoms with Crippen molar-refractivity contribution >= 4 is 5.91 Å². The van der Waals surface area contributed by atoms with Gasteiger partial charge in [0.15, 0.2) is 0 Å². The number of carbonyl (C=O) groups excluding carboxylic acids is 1. The second kappa shape index (κ2) is 7.94. The minimum Gasteiger partial charge on any atom is -0.322 e. The van der Waals surface area contributed by atoms with Crippen LogP contribution in [0.5, 0.6) is 0 Å². The SMILES string of the molecule is CCN(C=C(C#N)CCCF)C(=O)CN. The Hall–Kier alpha value is -1.41. The Bertz CT molecular complexity index is 270. The van der Waals surface area contributed by atoms with E-state index in [-0.39, 0.29) is 12.5 Å². The normalized spacial score (nSPS) is 10.9. The summed E-state index contributed by atoms with van der Waals surface area (Å²) < 4.78 is 11.9. The largest absolute Gasteiger partial charge is 0.322 e. The average Bonchev–Trinajstić information content (AvgIpc) is 2.28. The smallest absolute Gasteiger partial charge is 0.240 e. The molecule has 0 aromatic rings. The number of carbonyl (C=O) groups is 1. The molecule has 0 aromatic carbocycles. The monoisotopic (exact) mass is 213 g/mol. The Labute approximate surface area is 89.2 Å². The summed E-state index contributed by atoms with van der Waals surface area (Å²) >= 11 is 0. The lowest BCUT2D eigenvalue weighted by Crippen LogP contribution is -2.31. The van der Waals surface area contributed by atoms with E-state index in [4.69, 9.17) is 11.0 Å². The number of likely N-dealkylation sites (N-methyl/N-ethyl adjacent to an activating group) is 1. The molecule has 0 saturated heterocycles. The van der Waals surface area contributed by atoms with Gasteiger partial charge in [-0.2, -0.15) is 5.26 Å². The molecule has 0 rings (SSSR count). The summed E-state index contributed by atoms with van der Waals surface area (Å²) in [5, 5.41) is 8.74. The van der Waals surface area contributed by atoms with Crippen molar-refractivity contribution in [3.63, 3.8) is 0 Å². The Kier molecular flexibility index (Phi) is 7.20. The van der Waals surface area contributed by atoms with Gasteiger partial charge < -0.3 is 10.6 Å². The predicted octanol–water partition coefficient (Wildman–Crippen LogP) is 0.951. The molecule has 0 unspecified atom stereocenters. The molecule has 0 aromatic heterocycles. The van der Waals surface area contributed by atoms with Crippen LogP contribution in [-0.4, -0.2) is 30.6 Å². The van der Waals surface area contributed by atoms with Crippen molar-refractivity contribution < 1.29 is 9.18 Å². The summed E-state index contributed by atoms with van der Waals surface area (Å²) in [6, 6.07) is 1.94. The van der Waals surface area contributed by atoms with E-state index in [1.807, 2.05) is 6.07 Å². The Balaban J connectivity index is 4.49. The second-order valence-electron chi connectivity index (χ2n) is 2.94. The first-order chi connectivity index (χ1) is 7.19. The van der Waals surface area contributed by atoms with Crippen LogP contribution in [0.4, 0.5) is 4.39 Å². The van der Waals surface area contributed by atoms with Gasteiger partial charge in [0, 0.05) is 18.3 Å². The van der Waals surface area contributed by atoms with Crippen LogP contribution in [-0.2, 0) is 4.79 Å². The molecular weight excluding hydrogens is 197 g/mol. The first kappa shape index (κ1) is 13.6. The maximum absolute atomic E-state index is 11.9. The van der Waals surface area contributed by atoms with E-state index in [2.05, 4.69) is 0 Å². The molecule has 0 atom stereocenters. The van der Waals surface area contributed by atoms with Gasteiger partial charge in [-0.05, 0) is 19.8 Å². The molecule has 84 valence electrons. The van der Waals surface area contributed by atoms with Crippen LogP contribution < -0.4 is 5.73 Å². The van der Waals surface area contributed by atoms with Crippen molar-refractivity contribution in [1.29, 1.82) is 5.26 Å². The fourth-order valence-corrected chi connectivity index (χ4v) is 1.05. The molecule has 0 aliphatic rings. The van der Waals surface area contributed by atoms with Gasteiger partial charge in [0.25, 0.3) is 0 Å². The molecule has 0 heterocycles. The Morgan fingerprint density at radius 3 is 2.73 bits per heavy atom.